The van der Waals surface area contributed by atoms with E-state index in [1.807, 2.05) is 64.4 Å². The van der Waals surface area contributed by atoms with Gasteiger partial charge in [0.25, 0.3) is 0 Å². The number of β-amino-alcohol motifs (C(OH)–C–C–N with tert-alkyl or cyclic N) is 1. The Hall–Kier alpha value is -6.85. The molecule has 3 amide bonds. The van der Waals surface area contributed by atoms with Gasteiger partial charge in [-0.3, -0.25) is 24.3 Å². The molecule has 3 aromatic heterocycles. The Bertz CT molecular complexity index is 3340. The number of amides is 3. The van der Waals surface area contributed by atoms with Gasteiger partial charge >= 0.3 is 6.01 Å². The van der Waals surface area contributed by atoms with Gasteiger partial charge in [-0.2, -0.15) is 9.97 Å². The number of rotatable bonds is 21. The molecule has 4 aliphatic rings. The van der Waals surface area contributed by atoms with Crippen LogP contribution in [0.15, 0.2) is 60.2 Å². The molecule has 0 saturated carbocycles. The maximum Gasteiger partial charge on any atom is 0.319 e. The molecule has 434 valence electrons. The minimum Gasteiger partial charge on any atom is -0.508 e. The van der Waals surface area contributed by atoms with Crippen molar-refractivity contribution in [2.45, 2.75) is 161 Å². The minimum atomic E-state index is -0.873. The highest BCUT2D eigenvalue weighted by atomic mass is 32.1. The second-order valence-corrected chi connectivity index (χ2v) is 24.9. The maximum absolute atomic E-state index is 17.1. The number of aromatic nitrogens is 4. The van der Waals surface area contributed by atoms with E-state index in [9.17, 15) is 24.6 Å². The first kappa shape index (κ1) is 58.4. The van der Waals surface area contributed by atoms with Gasteiger partial charge in [-0.05, 0) is 92.6 Å². The van der Waals surface area contributed by atoms with Crippen molar-refractivity contribution in [1.29, 1.82) is 0 Å². The van der Waals surface area contributed by atoms with Crippen molar-refractivity contribution < 1.29 is 38.1 Å². The fourth-order valence-electron chi connectivity index (χ4n) is 12.4. The molecule has 7 atom stereocenters. The molecule has 82 heavy (non-hydrogen) atoms. The number of phenols is 1. The Labute approximate surface area is 482 Å². The smallest absolute Gasteiger partial charge is 0.319 e. The van der Waals surface area contributed by atoms with Gasteiger partial charge in [0, 0.05) is 74.8 Å². The summed E-state index contributed by atoms with van der Waals surface area (Å²) in [6.07, 6.45) is 17.5. The van der Waals surface area contributed by atoms with Crippen molar-refractivity contribution in [1.82, 2.24) is 45.7 Å². The van der Waals surface area contributed by atoms with Gasteiger partial charge in [0.2, 0.25) is 17.7 Å². The molecule has 19 heteroatoms. The predicted octanol–water partition coefficient (Wildman–Crippen LogP) is 9.52. The Morgan fingerprint density at radius 1 is 0.915 bits per heavy atom. The van der Waals surface area contributed by atoms with Crippen molar-refractivity contribution >= 4 is 56.6 Å². The number of nitrogens with one attached hydrogen (secondary N) is 3. The highest BCUT2D eigenvalue weighted by Gasteiger charge is 2.45. The summed E-state index contributed by atoms with van der Waals surface area (Å²) in [7, 11) is 0. The third-order valence-electron chi connectivity index (χ3n) is 16.8. The molecule has 4 aliphatic heterocycles. The van der Waals surface area contributed by atoms with Crippen LogP contribution in [0.1, 0.15) is 134 Å². The predicted molar refractivity (Wildman–Crippen MR) is 315 cm³/mol. The highest BCUT2D eigenvalue weighted by molar-refractivity contribution is 7.13. The molecule has 5 N–H and O–H groups in total. The molecule has 4 saturated heterocycles. The van der Waals surface area contributed by atoms with Gasteiger partial charge in [0.1, 0.15) is 46.8 Å². The number of fused-ring (bicyclic) bond motifs is 4. The van der Waals surface area contributed by atoms with Crippen LogP contribution < -0.4 is 25.6 Å². The Kier molecular flexibility index (Phi) is 18.0. The number of halogens is 2. The van der Waals surface area contributed by atoms with Gasteiger partial charge in [0.15, 0.2) is 5.82 Å². The summed E-state index contributed by atoms with van der Waals surface area (Å²) in [6, 6.07) is 12.1. The number of terminal acetylenes is 1. The lowest BCUT2D eigenvalue weighted by molar-refractivity contribution is -0.144. The first-order valence-electron chi connectivity index (χ1n) is 29.2. The number of phenolic OH excluding ortho intramolecular Hbond substituents is 1. The number of aromatic hydroxyl groups is 1. The average molecular weight is 1140 g/mol. The molecule has 0 radical (unpaired) electrons. The number of aliphatic hydroxyl groups is 1. The number of aliphatic hydroxyl groups excluding tert-OH is 1. The standard InChI is InChI=1S/C63H76F2N10O6S/c1-7-47-50(64)24-21-41-28-44(76)29-48(53(41)47)55-54(65)56-49(31-66-55)59(74-32-42-22-23-43(33-74)69-42)72-62(71-56)81-46-25-27-73(35-46)26-15-13-11-9-8-10-12-14-16-52(78)70-58(63(4,5)6)61(80)75-34-45(77)30-51(75)60(79)68-37(2)39-17-19-40(20-18-39)57-38(3)67-36-82-57/h1,17-21,24,28-29,31,36-37,42-43,45-46,51,58,69,76-77H,8-16,22-23,25-27,30,32-35H2,2-6H3,(H,68,79)(H,70,78)/t37-,42?,43?,45+,46+,51-,58+/m0/s1. The number of nitrogens with zero attached hydrogens (tertiary/aromatic N) is 7. The van der Waals surface area contributed by atoms with Crippen LogP contribution in [0.2, 0.25) is 0 Å². The highest BCUT2D eigenvalue weighted by Crippen LogP contribution is 2.40. The Morgan fingerprint density at radius 2 is 1.63 bits per heavy atom. The zero-order chi connectivity index (χ0) is 57.8. The third-order valence-corrected chi connectivity index (χ3v) is 17.8. The summed E-state index contributed by atoms with van der Waals surface area (Å²) in [6.45, 7) is 13.4. The fourth-order valence-corrected chi connectivity index (χ4v) is 13.2. The van der Waals surface area contributed by atoms with Gasteiger partial charge < -0.3 is 40.7 Å². The van der Waals surface area contributed by atoms with Crippen molar-refractivity contribution in [2.24, 2.45) is 5.41 Å². The summed E-state index contributed by atoms with van der Waals surface area (Å²) in [4.78, 5) is 66.9. The summed E-state index contributed by atoms with van der Waals surface area (Å²) in [5, 5.41) is 32.3. The quantitative estimate of drug-likeness (QED) is 0.0338. The van der Waals surface area contributed by atoms with Crippen LogP contribution in [0.3, 0.4) is 0 Å². The van der Waals surface area contributed by atoms with Crippen LogP contribution in [0.5, 0.6) is 11.8 Å². The Morgan fingerprint density at radius 3 is 2.33 bits per heavy atom. The molecule has 0 aliphatic carbocycles. The van der Waals surface area contributed by atoms with E-state index in [2.05, 4.69) is 46.6 Å². The van der Waals surface area contributed by atoms with E-state index in [1.165, 1.54) is 29.2 Å². The van der Waals surface area contributed by atoms with E-state index in [1.54, 1.807) is 17.5 Å². The van der Waals surface area contributed by atoms with Crippen molar-refractivity contribution in [2.75, 3.05) is 44.2 Å². The molecule has 4 fully saturated rings. The first-order valence-corrected chi connectivity index (χ1v) is 30.1. The maximum atomic E-state index is 17.1. The molecule has 2 bridgehead atoms. The number of likely N-dealkylation sites (tertiary alicyclic amines) is 2. The number of carbonyl (C=O) groups is 3. The molecular formula is C63H76F2N10O6S. The van der Waals surface area contributed by atoms with E-state index in [4.69, 9.17) is 16.1 Å². The lowest BCUT2D eigenvalue weighted by atomic mass is 9.85. The average Bonchev–Trinajstić information content (AvgIpc) is 4.33. The van der Waals surface area contributed by atoms with E-state index in [0.29, 0.717) is 49.1 Å². The zero-order valence-electron chi connectivity index (χ0n) is 47.6. The van der Waals surface area contributed by atoms with Crippen molar-refractivity contribution in [3.8, 4) is 45.8 Å². The number of pyridine rings is 1. The number of ether oxygens (including phenoxy) is 1. The number of hydrogen-bond donors (Lipinski definition) is 5. The van der Waals surface area contributed by atoms with Gasteiger partial charge in [-0.1, -0.05) is 95.5 Å². The summed E-state index contributed by atoms with van der Waals surface area (Å²) in [5.74, 6) is 0.518. The van der Waals surface area contributed by atoms with Crippen LogP contribution in [0, 0.1) is 36.3 Å². The minimum absolute atomic E-state index is 0.0164. The van der Waals surface area contributed by atoms with Gasteiger partial charge in [-0.15, -0.1) is 17.8 Å². The molecule has 0 spiro atoms. The SMILES string of the molecule is C#Cc1c(F)ccc2cc(O)cc(-c3ncc4c(N5CC6CCC(C5)N6)nc(O[C@@H]5CCN(CCCCCCCCCCC(=O)N[C@H](C(=O)N6C[C@H](O)C[C@H]6C(=O)N[C@@H](C)c6ccc(-c7scnc7C)cc6)C(C)(C)C)C5)nc4c3F)c12. The summed E-state index contributed by atoms with van der Waals surface area (Å²) in [5.41, 5.74) is 4.13. The van der Waals surface area contributed by atoms with Crippen LogP contribution in [-0.4, -0.2) is 133 Å². The lowest BCUT2D eigenvalue weighted by Crippen LogP contribution is -2.57. The number of anilines is 1. The molecular weight excluding hydrogens is 1060 g/mol. The molecule has 7 heterocycles. The monoisotopic (exact) mass is 1140 g/mol. The number of aryl methyl sites for hydroxylation is 1. The zero-order valence-corrected chi connectivity index (χ0v) is 48.5. The number of unbranched alkanes of at least 4 members (excludes halogenated alkanes) is 7. The lowest BCUT2D eigenvalue weighted by Gasteiger charge is -2.35. The second-order valence-electron chi connectivity index (χ2n) is 24.0. The second kappa shape index (κ2) is 25.3. The molecule has 2 unspecified atom stereocenters. The Balaban J connectivity index is 0.662. The van der Waals surface area contributed by atoms with Crippen LogP contribution in [0.4, 0.5) is 14.6 Å². The number of hydrogen-bond acceptors (Lipinski definition) is 14. The molecule has 6 aromatic rings. The number of thiazole rings is 1. The topological polar surface area (TPSA) is 198 Å². The van der Waals surface area contributed by atoms with E-state index < -0.39 is 35.2 Å². The molecule has 3 aromatic carbocycles. The number of benzene rings is 3. The van der Waals surface area contributed by atoms with Crippen molar-refractivity contribution in [3.05, 3.63) is 88.7 Å². The normalized spacial score (nSPS) is 20.8. The number of piperazine rings is 1. The largest absolute Gasteiger partial charge is 0.508 e. The fraction of sp³-hybridized carbons (Fsp3) is 0.508. The van der Waals surface area contributed by atoms with Gasteiger partial charge in [-0.25, -0.2) is 13.8 Å². The van der Waals surface area contributed by atoms with Gasteiger partial charge in [0.05, 0.1) is 39.2 Å². The van der Waals surface area contributed by atoms with Crippen LogP contribution >= 0.6 is 11.3 Å². The number of carbonyl (C=O) groups excluding carboxylic acids is 3. The van der Waals surface area contributed by atoms with Crippen molar-refractivity contribution in [3.63, 3.8) is 0 Å². The van der Waals surface area contributed by atoms with E-state index >= 15 is 8.78 Å². The van der Waals surface area contributed by atoms with E-state index in [0.717, 1.165) is 99.0 Å². The third kappa shape index (κ3) is 13.2. The van der Waals surface area contributed by atoms with Crippen LogP contribution in [0.25, 0.3) is 43.4 Å². The molecule has 16 nitrogen and oxygen atoms in total. The summed E-state index contributed by atoms with van der Waals surface area (Å²) < 4.78 is 38.6. The molecule has 10 rings (SSSR count). The first-order chi connectivity index (χ1) is 39.4. The van der Waals surface area contributed by atoms with Crippen LogP contribution in [-0.2, 0) is 14.4 Å². The van der Waals surface area contributed by atoms with E-state index in [-0.39, 0.29) is 94.4 Å². The summed E-state index contributed by atoms with van der Waals surface area (Å²) >= 11 is 1.58.